The number of aromatic amines is 1. The number of anilines is 2. The van der Waals surface area contributed by atoms with Gasteiger partial charge in [0.2, 0.25) is 11.9 Å². The van der Waals surface area contributed by atoms with Crippen LogP contribution in [0, 0.1) is 5.92 Å². The Morgan fingerprint density at radius 1 is 1.19 bits per heavy atom. The number of rotatable bonds is 3. The van der Waals surface area contributed by atoms with Gasteiger partial charge in [-0.3, -0.25) is 19.4 Å². The highest BCUT2D eigenvalue weighted by Crippen LogP contribution is 2.42. The van der Waals surface area contributed by atoms with Gasteiger partial charge in [-0.15, -0.1) is 11.3 Å². The highest BCUT2D eigenvalue weighted by Gasteiger charge is 2.45. The minimum Gasteiger partial charge on any atom is -0.507 e. The van der Waals surface area contributed by atoms with Gasteiger partial charge < -0.3 is 16.2 Å². The number of phenolic OH excluding ortho intramolecular Hbond substituents is 1. The Labute approximate surface area is 156 Å². The van der Waals surface area contributed by atoms with E-state index in [0.29, 0.717) is 4.88 Å². The third kappa shape index (κ3) is 2.77. The molecule has 2 atom stereocenters. The average molecular weight is 382 g/mol. The van der Waals surface area contributed by atoms with Gasteiger partial charge in [0, 0.05) is 10.8 Å². The number of nitrogens with zero attached hydrogens (tertiary/aromatic N) is 1. The van der Waals surface area contributed by atoms with Crippen molar-refractivity contribution in [1.29, 1.82) is 0 Å². The predicted octanol–water partition coefficient (Wildman–Crippen LogP) is 1.70. The summed E-state index contributed by atoms with van der Waals surface area (Å²) in [7, 11) is 0. The summed E-state index contributed by atoms with van der Waals surface area (Å²) in [6.45, 7) is 0. The van der Waals surface area contributed by atoms with E-state index in [0.717, 1.165) is 0 Å². The van der Waals surface area contributed by atoms with Crippen molar-refractivity contribution in [1.82, 2.24) is 9.97 Å². The molecule has 9 heteroatoms. The number of thiophene rings is 1. The number of carbonyl (C=O) groups excluding carboxylic acids is 2. The SMILES string of the molecule is Nc1nc2c(c(=O)[nH]1)[C@H](c1cccs1)[C@@H](C(=O)c1ccccc1O)C(=O)N2. The van der Waals surface area contributed by atoms with E-state index in [9.17, 15) is 19.5 Å². The van der Waals surface area contributed by atoms with Crippen LogP contribution >= 0.6 is 11.3 Å². The van der Waals surface area contributed by atoms with E-state index in [2.05, 4.69) is 15.3 Å². The highest BCUT2D eigenvalue weighted by atomic mass is 32.1. The van der Waals surface area contributed by atoms with Crippen molar-refractivity contribution in [2.75, 3.05) is 11.1 Å². The number of para-hydroxylation sites is 1. The average Bonchev–Trinajstić information content (AvgIpc) is 3.14. The molecule has 0 saturated heterocycles. The lowest BCUT2D eigenvalue weighted by atomic mass is 9.78. The van der Waals surface area contributed by atoms with Gasteiger partial charge in [0.15, 0.2) is 5.78 Å². The lowest BCUT2D eigenvalue weighted by Gasteiger charge is -2.30. The monoisotopic (exact) mass is 382 g/mol. The van der Waals surface area contributed by atoms with E-state index in [-0.39, 0.29) is 28.6 Å². The first-order valence-corrected chi connectivity index (χ1v) is 8.91. The molecule has 0 spiro atoms. The maximum absolute atomic E-state index is 13.2. The summed E-state index contributed by atoms with van der Waals surface area (Å²) in [4.78, 5) is 45.6. The van der Waals surface area contributed by atoms with Gasteiger partial charge in [-0.1, -0.05) is 18.2 Å². The Morgan fingerprint density at radius 3 is 2.67 bits per heavy atom. The van der Waals surface area contributed by atoms with E-state index in [4.69, 9.17) is 5.73 Å². The molecule has 3 aromatic rings. The number of phenols is 1. The smallest absolute Gasteiger partial charge is 0.258 e. The lowest BCUT2D eigenvalue weighted by molar-refractivity contribution is -0.119. The number of ketones is 1. The molecule has 1 amide bonds. The van der Waals surface area contributed by atoms with Crippen LogP contribution < -0.4 is 16.6 Å². The fourth-order valence-corrected chi connectivity index (χ4v) is 4.16. The number of hydrogen-bond acceptors (Lipinski definition) is 7. The second-order valence-electron chi connectivity index (χ2n) is 6.05. The second kappa shape index (κ2) is 6.36. The van der Waals surface area contributed by atoms with Crippen LogP contribution in [0.1, 0.15) is 26.7 Å². The summed E-state index contributed by atoms with van der Waals surface area (Å²) < 4.78 is 0. The normalized spacial score (nSPS) is 18.6. The van der Waals surface area contributed by atoms with Crippen molar-refractivity contribution in [2.24, 2.45) is 5.92 Å². The van der Waals surface area contributed by atoms with Crippen LogP contribution in [0.25, 0.3) is 0 Å². The Morgan fingerprint density at radius 2 is 1.96 bits per heavy atom. The molecule has 0 aliphatic carbocycles. The minimum atomic E-state index is -1.23. The summed E-state index contributed by atoms with van der Waals surface area (Å²) in [5.74, 6) is -3.56. The third-order valence-corrected chi connectivity index (χ3v) is 5.40. The summed E-state index contributed by atoms with van der Waals surface area (Å²) >= 11 is 1.32. The van der Waals surface area contributed by atoms with Crippen molar-refractivity contribution >= 4 is 34.8 Å². The number of Topliss-reactive ketones (excluding diaryl/α,β-unsaturated/α-hetero) is 1. The van der Waals surface area contributed by atoms with Crippen LogP contribution in [0.4, 0.5) is 11.8 Å². The predicted molar refractivity (Wildman–Crippen MR) is 100.0 cm³/mol. The van der Waals surface area contributed by atoms with E-state index < -0.39 is 29.1 Å². The molecule has 0 bridgehead atoms. The minimum absolute atomic E-state index is 0.0162. The number of nitrogens with two attached hydrogens (primary N) is 1. The van der Waals surface area contributed by atoms with Crippen LogP contribution in [0.15, 0.2) is 46.6 Å². The summed E-state index contributed by atoms with van der Waals surface area (Å²) in [5, 5.41) is 14.4. The standard InChI is InChI=1S/C18H14N4O4S/c19-18-21-15-13(17(26)22-18)11(10-6-3-7-27-10)12(16(25)20-15)14(24)8-4-1-2-5-9(8)23/h1-7,11-12,23H,(H4,19,20,21,22,25,26)/t11-,12+/m1/s1. The van der Waals surface area contributed by atoms with Gasteiger partial charge in [-0.25, -0.2) is 0 Å². The quantitative estimate of drug-likeness (QED) is 0.402. The highest BCUT2D eigenvalue weighted by molar-refractivity contribution is 7.10. The number of nitrogen functional groups attached to an aromatic ring is 1. The molecular weight excluding hydrogens is 368 g/mol. The molecule has 2 aromatic heterocycles. The van der Waals surface area contributed by atoms with Gasteiger partial charge in [0.05, 0.1) is 11.1 Å². The molecule has 0 fully saturated rings. The number of carbonyl (C=O) groups is 2. The largest absolute Gasteiger partial charge is 0.507 e. The first kappa shape index (κ1) is 17.0. The number of aromatic nitrogens is 2. The van der Waals surface area contributed by atoms with Crippen LogP contribution in [0.5, 0.6) is 5.75 Å². The van der Waals surface area contributed by atoms with Crippen molar-refractivity contribution in [3.05, 3.63) is 68.1 Å². The summed E-state index contributed by atoms with van der Waals surface area (Å²) in [6.07, 6.45) is 0. The van der Waals surface area contributed by atoms with Crippen molar-refractivity contribution < 1.29 is 14.7 Å². The molecule has 1 aromatic carbocycles. The van der Waals surface area contributed by atoms with Crippen LogP contribution in [0.3, 0.4) is 0 Å². The fourth-order valence-electron chi connectivity index (χ4n) is 3.29. The zero-order valence-corrected chi connectivity index (χ0v) is 14.6. The van der Waals surface area contributed by atoms with E-state index in [1.807, 2.05) is 0 Å². The molecule has 4 rings (SSSR count). The molecule has 136 valence electrons. The van der Waals surface area contributed by atoms with Crippen molar-refractivity contribution in [3.63, 3.8) is 0 Å². The van der Waals surface area contributed by atoms with Crippen LogP contribution in [0.2, 0.25) is 0 Å². The Kier molecular flexibility index (Phi) is 4.00. The number of aromatic hydroxyl groups is 1. The van der Waals surface area contributed by atoms with Crippen molar-refractivity contribution in [2.45, 2.75) is 5.92 Å². The number of hydrogen-bond donors (Lipinski definition) is 4. The maximum atomic E-state index is 13.2. The Hall–Kier alpha value is -3.46. The van der Waals surface area contributed by atoms with Gasteiger partial charge >= 0.3 is 0 Å². The van der Waals surface area contributed by atoms with E-state index in [1.54, 1.807) is 29.6 Å². The summed E-state index contributed by atoms with van der Waals surface area (Å²) in [6, 6.07) is 9.51. The molecule has 3 heterocycles. The van der Waals surface area contributed by atoms with Gasteiger partial charge in [-0.05, 0) is 23.6 Å². The first-order chi connectivity index (χ1) is 13.0. The third-order valence-electron chi connectivity index (χ3n) is 4.44. The Balaban J connectivity index is 1.93. The topological polar surface area (TPSA) is 138 Å². The number of nitrogens with one attached hydrogen (secondary N) is 2. The molecule has 0 unspecified atom stereocenters. The summed E-state index contributed by atoms with van der Waals surface area (Å²) in [5.41, 5.74) is 5.24. The molecule has 1 aliphatic heterocycles. The van der Waals surface area contributed by atoms with Crippen molar-refractivity contribution in [3.8, 4) is 5.75 Å². The van der Waals surface area contributed by atoms with Crippen LogP contribution in [-0.4, -0.2) is 26.8 Å². The fraction of sp³-hybridized carbons (Fsp3) is 0.111. The number of H-pyrrole nitrogens is 1. The van der Waals surface area contributed by atoms with Gasteiger partial charge in [0.1, 0.15) is 17.5 Å². The van der Waals surface area contributed by atoms with E-state index in [1.165, 1.54) is 23.5 Å². The molecule has 5 N–H and O–H groups in total. The van der Waals surface area contributed by atoms with Gasteiger partial charge in [0.25, 0.3) is 5.56 Å². The van der Waals surface area contributed by atoms with E-state index >= 15 is 0 Å². The molecule has 1 aliphatic rings. The molecule has 8 nitrogen and oxygen atoms in total. The van der Waals surface area contributed by atoms with Gasteiger partial charge in [-0.2, -0.15) is 4.98 Å². The number of fused-ring (bicyclic) bond motifs is 1. The Bertz CT molecular complexity index is 1110. The molecule has 27 heavy (non-hydrogen) atoms. The molecular formula is C18H14N4O4S. The maximum Gasteiger partial charge on any atom is 0.258 e. The van der Waals surface area contributed by atoms with Crippen LogP contribution in [-0.2, 0) is 4.79 Å². The lowest BCUT2D eigenvalue weighted by Crippen LogP contribution is -2.42. The number of amides is 1. The zero-order chi connectivity index (χ0) is 19.1. The zero-order valence-electron chi connectivity index (χ0n) is 13.8. The number of benzene rings is 1. The second-order valence-corrected chi connectivity index (χ2v) is 7.03. The molecule has 0 radical (unpaired) electrons. The first-order valence-electron chi connectivity index (χ1n) is 8.03. The molecule has 0 saturated carbocycles.